The second kappa shape index (κ2) is 2.69. The molecule has 0 aromatic carbocycles. The second-order valence-electron chi connectivity index (χ2n) is 2.31. The van der Waals surface area contributed by atoms with E-state index in [1.165, 1.54) is 5.56 Å². The van der Waals surface area contributed by atoms with E-state index in [1.54, 1.807) is 12.5 Å². The largest absolute Gasteiger partial charge is 0.472 e. The highest BCUT2D eigenvalue weighted by molar-refractivity contribution is 5.06. The smallest absolute Gasteiger partial charge is 0.0935 e. The van der Waals surface area contributed by atoms with Gasteiger partial charge < -0.3 is 10.2 Å². The van der Waals surface area contributed by atoms with Gasteiger partial charge in [-0.3, -0.25) is 0 Å². The summed E-state index contributed by atoms with van der Waals surface area (Å²) < 4.78 is 4.86. The van der Waals surface area contributed by atoms with E-state index < -0.39 is 0 Å². The SMILES string of the molecule is C[C@H](N)Cc1ccoc1. The molecule has 0 aliphatic rings. The van der Waals surface area contributed by atoms with Gasteiger partial charge in [0.2, 0.25) is 0 Å². The predicted molar refractivity (Wildman–Crippen MR) is 36.1 cm³/mol. The Morgan fingerprint density at radius 3 is 3.00 bits per heavy atom. The highest BCUT2D eigenvalue weighted by Crippen LogP contribution is 2.01. The van der Waals surface area contributed by atoms with Crippen molar-refractivity contribution in [2.75, 3.05) is 0 Å². The summed E-state index contributed by atoms with van der Waals surface area (Å²) in [6.07, 6.45) is 4.29. The Bertz CT molecular complexity index is 155. The van der Waals surface area contributed by atoms with Gasteiger partial charge in [0.25, 0.3) is 0 Å². The molecule has 0 aliphatic heterocycles. The molecule has 9 heavy (non-hydrogen) atoms. The molecular formula is C7H11NO. The Kier molecular flexibility index (Phi) is 1.90. The standard InChI is InChI=1S/C7H11NO/c1-6(8)4-7-2-3-9-5-7/h2-3,5-6H,4,8H2,1H3/t6-/m0/s1. The first kappa shape index (κ1) is 6.36. The van der Waals surface area contributed by atoms with E-state index in [-0.39, 0.29) is 6.04 Å². The lowest BCUT2D eigenvalue weighted by Crippen LogP contribution is -2.17. The minimum atomic E-state index is 0.225. The monoisotopic (exact) mass is 125 g/mol. The van der Waals surface area contributed by atoms with Crippen molar-refractivity contribution in [1.82, 2.24) is 0 Å². The number of hydrogen-bond acceptors (Lipinski definition) is 2. The zero-order valence-electron chi connectivity index (χ0n) is 5.50. The van der Waals surface area contributed by atoms with Crippen LogP contribution in [0.4, 0.5) is 0 Å². The maximum absolute atomic E-state index is 5.54. The molecule has 1 aromatic heterocycles. The van der Waals surface area contributed by atoms with Gasteiger partial charge in [-0.2, -0.15) is 0 Å². The number of hydrogen-bond donors (Lipinski definition) is 1. The molecule has 0 spiro atoms. The fourth-order valence-corrected chi connectivity index (χ4v) is 0.781. The Morgan fingerprint density at radius 2 is 2.56 bits per heavy atom. The maximum atomic E-state index is 5.54. The van der Waals surface area contributed by atoms with Crippen LogP contribution in [0.25, 0.3) is 0 Å². The third-order valence-electron chi connectivity index (χ3n) is 1.14. The summed E-state index contributed by atoms with van der Waals surface area (Å²) in [4.78, 5) is 0. The quantitative estimate of drug-likeness (QED) is 0.644. The lowest BCUT2D eigenvalue weighted by molar-refractivity contribution is 0.561. The Morgan fingerprint density at radius 1 is 1.78 bits per heavy atom. The van der Waals surface area contributed by atoms with Crippen LogP contribution in [-0.2, 0) is 6.42 Å². The molecule has 1 aromatic rings. The van der Waals surface area contributed by atoms with Crippen molar-refractivity contribution in [3.8, 4) is 0 Å². The average Bonchev–Trinajstić information content (AvgIpc) is 2.15. The van der Waals surface area contributed by atoms with Crippen molar-refractivity contribution < 1.29 is 4.42 Å². The summed E-state index contributed by atoms with van der Waals surface area (Å²) in [5, 5.41) is 0. The summed E-state index contributed by atoms with van der Waals surface area (Å²) >= 11 is 0. The average molecular weight is 125 g/mol. The molecule has 2 nitrogen and oxygen atoms in total. The summed E-state index contributed by atoms with van der Waals surface area (Å²) in [5.74, 6) is 0. The summed E-state index contributed by atoms with van der Waals surface area (Å²) in [6, 6.07) is 2.16. The molecule has 0 aliphatic carbocycles. The minimum absolute atomic E-state index is 0.225. The number of nitrogens with two attached hydrogens (primary N) is 1. The van der Waals surface area contributed by atoms with E-state index in [2.05, 4.69) is 0 Å². The molecule has 2 N–H and O–H groups in total. The first-order chi connectivity index (χ1) is 4.29. The van der Waals surface area contributed by atoms with Crippen molar-refractivity contribution >= 4 is 0 Å². The van der Waals surface area contributed by atoms with Gasteiger partial charge in [0, 0.05) is 6.04 Å². The van der Waals surface area contributed by atoms with Gasteiger partial charge in [-0.25, -0.2) is 0 Å². The molecular weight excluding hydrogens is 114 g/mol. The molecule has 1 atom stereocenters. The fourth-order valence-electron chi connectivity index (χ4n) is 0.781. The van der Waals surface area contributed by atoms with Gasteiger partial charge in [0.05, 0.1) is 12.5 Å². The van der Waals surface area contributed by atoms with Crippen molar-refractivity contribution in [3.63, 3.8) is 0 Å². The van der Waals surface area contributed by atoms with Crippen LogP contribution in [0.1, 0.15) is 12.5 Å². The van der Waals surface area contributed by atoms with Crippen LogP contribution in [0.15, 0.2) is 23.0 Å². The zero-order chi connectivity index (χ0) is 6.69. The van der Waals surface area contributed by atoms with Crippen LogP contribution in [0.2, 0.25) is 0 Å². The Labute approximate surface area is 54.7 Å². The van der Waals surface area contributed by atoms with Gasteiger partial charge in [-0.05, 0) is 25.0 Å². The highest BCUT2D eigenvalue weighted by atomic mass is 16.3. The lowest BCUT2D eigenvalue weighted by Gasteiger charge is -1.98. The zero-order valence-corrected chi connectivity index (χ0v) is 5.50. The summed E-state index contributed by atoms with van der Waals surface area (Å²) in [5.41, 5.74) is 6.71. The van der Waals surface area contributed by atoms with Crippen LogP contribution in [0, 0.1) is 0 Å². The first-order valence-corrected chi connectivity index (χ1v) is 3.05. The molecule has 0 unspecified atom stereocenters. The molecule has 0 bridgehead atoms. The molecule has 0 radical (unpaired) electrons. The van der Waals surface area contributed by atoms with Gasteiger partial charge in [0.1, 0.15) is 0 Å². The molecule has 0 amide bonds. The third-order valence-corrected chi connectivity index (χ3v) is 1.14. The second-order valence-corrected chi connectivity index (χ2v) is 2.31. The predicted octanol–water partition coefficient (Wildman–Crippen LogP) is 1.17. The Balaban J connectivity index is 2.48. The minimum Gasteiger partial charge on any atom is -0.472 e. The highest BCUT2D eigenvalue weighted by Gasteiger charge is 1.96. The summed E-state index contributed by atoms with van der Waals surface area (Å²) in [7, 11) is 0. The topological polar surface area (TPSA) is 39.2 Å². The van der Waals surface area contributed by atoms with E-state index in [0.29, 0.717) is 0 Å². The van der Waals surface area contributed by atoms with Crippen LogP contribution < -0.4 is 5.73 Å². The number of furan rings is 1. The van der Waals surface area contributed by atoms with Crippen molar-refractivity contribution in [2.24, 2.45) is 5.73 Å². The van der Waals surface area contributed by atoms with E-state index >= 15 is 0 Å². The van der Waals surface area contributed by atoms with E-state index in [1.807, 2.05) is 13.0 Å². The van der Waals surface area contributed by atoms with E-state index in [0.717, 1.165) is 6.42 Å². The van der Waals surface area contributed by atoms with Gasteiger partial charge >= 0.3 is 0 Å². The molecule has 0 saturated carbocycles. The van der Waals surface area contributed by atoms with Crippen LogP contribution in [0.3, 0.4) is 0 Å². The van der Waals surface area contributed by atoms with Crippen LogP contribution in [-0.4, -0.2) is 6.04 Å². The molecule has 50 valence electrons. The van der Waals surface area contributed by atoms with E-state index in [9.17, 15) is 0 Å². The van der Waals surface area contributed by atoms with Crippen molar-refractivity contribution in [1.29, 1.82) is 0 Å². The number of rotatable bonds is 2. The van der Waals surface area contributed by atoms with Crippen LogP contribution >= 0.6 is 0 Å². The molecule has 0 fully saturated rings. The van der Waals surface area contributed by atoms with Crippen LogP contribution in [0.5, 0.6) is 0 Å². The van der Waals surface area contributed by atoms with Crippen molar-refractivity contribution in [2.45, 2.75) is 19.4 Å². The Hall–Kier alpha value is -0.760. The molecule has 2 heteroatoms. The van der Waals surface area contributed by atoms with Gasteiger partial charge in [0.15, 0.2) is 0 Å². The maximum Gasteiger partial charge on any atom is 0.0935 e. The molecule has 1 heterocycles. The lowest BCUT2D eigenvalue weighted by atomic mass is 10.1. The fraction of sp³-hybridized carbons (Fsp3) is 0.429. The summed E-state index contributed by atoms with van der Waals surface area (Å²) in [6.45, 7) is 1.98. The first-order valence-electron chi connectivity index (χ1n) is 3.05. The van der Waals surface area contributed by atoms with Gasteiger partial charge in [-0.1, -0.05) is 0 Å². The normalized spacial score (nSPS) is 13.6. The van der Waals surface area contributed by atoms with Crippen molar-refractivity contribution in [3.05, 3.63) is 24.2 Å². The third kappa shape index (κ3) is 1.90. The molecule has 0 saturated heterocycles. The van der Waals surface area contributed by atoms with Gasteiger partial charge in [-0.15, -0.1) is 0 Å². The molecule has 1 rings (SSSR count). The van der Waals surface area contributed by atoms with E-state index in [4.69, 9.17) is 10.2 Å².